The molecular formula is C13H16N6. The fourth-order valence-corrected chi connectivity index (χ4v) is 2.13. The molecule has 3 aromatic heterocycles. The number of hydrogen-bond donors (Lipinski definition) is 0. The summed E-state index contributed by atoms with van der Waals surface area (Å²) in [7, 11) is 0. The summed E-state index contributed by atoms with van der Waals surface area (Å²) in [5.74, 6) is 1.91. The lowest BCUT2D eigenvalue weighted by Gasteiger charge is -2.05. The van der Waals surface area contributed by atoms with E-state index in [9.17, 15) is 0 Å². The molecule has 3 aromatic rings. The molecule has 0 atom stereocenters. The molecule has 0 fully saturated rings. The second kappa shape index (κ2) is 4.15. The highest BCUT2D eigenvalue weighted by molar-refractivity contribution is 5.40. The second-order valence-electron chi connectivity index (χ2n) is 5.01. The minimum Gasteiger partial charge on any atom is -0.218 e. The Morgan fingerprint density at radius 3 is 2.47 bits per heavy atom. The normalized spacial score (nSPS) is 11.6. The molecule has 0 aliphatic rings. The van der Waals surface area contributed by atoms with Gasteiger partial charge >= 0.3 is 0 Å². The van der Waals surface area contributed by atoms with E-state index in [1.54, 1.807) is 4.52 Å². The minimum atomic E-state index is 0.276. The lowest BCUT2D eigenvalue weighted by atomic mass is 10.2. The van der Waals surface area contributed by atoms with Crippen molar-refractivity contribution in [3.05, 3.63) is 35.4 Å². The number of rotatable bonds is 2. The summed E-state index contributed by atoms with van der Waals surface area (Å²) in [5.41, 5.74) is 2.80. The molecule has 0 N–H and O–H groups in total. The van der Waals surface area contributed by atoms with Crippen LogP contribution in [0.1, 0.15) is 37.0 Å². The van der Waals surface area contributed by atoms with E-state index >= 15 is 0 Å². The van der Waals surface area contributed by atoms with E-state index in [0.717, 1.165) is 28.7 Å². The van der Waals surface area contributed by atoms with Crippen LogP contribution in [0, 0.1) is 13.8 Å². The summed E-state index contributed by atoms with van der Waals surface area (Å²) in [5, 5.41) is 17.3. The summed E-state index contributed by atoms with van der Waals surface area (Å²) in [6.45, 7) is 8.14. The molecule has 0 unspecified atom stereocenters. The number of hydrogen-bond acceptors (Lipinski definition) is 4. The van der Waals surface area contributed by atoms with E-state index in [0.29, 0.717) is 0 Å². The van der Waals surface area contributed by atoms with Crippen molar-refractivity contribution in [2.75, 3.05) is 0 Å². The average molecular weight is 256 g/mol. The molecule has 98 valence electrons. The van der Waals surface area contributed by atoms with Crippen LogP contribution in [-0.2, 0) is 0 Å². The van der Waals surface area contributed by atoms with Crippen LogP contribution in [0.15, 0.2) is 18.2 Å². The zero-order valence-corrected chi connectivity index (χ0v) is 11.5. The summed E-state index contributed by atoms with van der Waals surface area (Å²) in [6, 6.07) is 5.85. The summed E-state index contributed by atoms with van der Waals surface area (Å²) < 4.78 is 3.62. The van der Waals surface area contributed by atoms with Gasteiger partial charge in [-0.05, 0) is 32.0 Å². The van der Waals surface area contributed by atoms with Crippen molar-refractivity contribution >= 4 is 5.65 Å². The van der Waals surface area contributed by atoms with E-state index in [4.69, 9.17) is 0 Å². The fourth-order valence-electron chi connectivity index (χ4n) is 2.13. The quantitative estimate of drug-likeness (QED) is 0.704. The molecule has 0 bridgehead atoms. The lowest BCUT2D eigenvalue weighted by molar-refractivity contribution is 0.698. The maximum absolute atomic E-state index is 4.59. The molecule has 0 radical (unpaired) electrons. The zero-order chi connectivity index (χ0) is 13.6. The van der Waals surface area contributed by atoms with Gasteiger partial charge in [0.05, 0.1) is 5.69 Å². The third-order valence-corrected chi connectivity index (χ3v) is 3.02. The molecule has 0 amide bonds. The summed E-state index contributed by atoms with van der Waals surface area (Å²) >= 11 is 0. The molecule has 0 spiro atoms. The van der Waals surface area contributed by atoms with Gasteiger partial charge in [-0.3, -0.25) is 0 Å². The van der Waals surface area contributed by atoms with Gasteiger partial charge in [-0.1, -0.05) is 13.8 Å². The van der Waals surface area contributed by atoms with Crippen LogP contribution in [0.25, 0.3) is 11.5 Å². The van der Waals surface area contributed by atoms with Crippen molar-refractivity contribution in [3.63, 3.8) is 0 Å². The molecule has 0 aliphatic carbocycles. The van der Waals surface area contributed by atoms with Crippen LogP contribution in [0.4, 0.5) is 0 Å². The molecule has 6 heteroatoms. The van der Waals surface area contributed by atoms with Crippen molar-refractivity contribution < 1.29 is 0 Å². The Hall–Kier alpha value is -2.24. The Morgan fingerprint density at radius 2 is 1.84 bits per heavy atom. The predicted molar refractivity (Wildman–Crippen MR) is 71.5 cm³/mol. The standard InChI is InChI=1S/C13H16N6/c1-8(2)13-15-14-11-5-6-12(17-19(11)13)18-10(4)7-9(3)16-18/h5-8H,1-4H3. The third kappa shape index (κ3) is 1.89. The van der Waals surface area contributed by atoms with Crippen LogP contribution in [-0.4, -0.2) is 29.6 Å². The number of fused-ring (bicyclic) bond motifs is 1. The van der Waals surface area contributed by atoms with Crippen LogP contribution in [0.5, 0.6) is 0 Å². The smallest absolute Gasteiger partial charge is 0.178 e. The van der Waals surface area contributed by atoms with E-state index in [1.807, 2.05) is 36.7 Å². The van der Waals surface area contributed by atoms with Crippen molar-refractivity contribution in [1.29, 1.82) is 0 Å². The molecule has 6 nitrogen and oxygen atoms in total. The van der Waals surface area contributed by atoms with Crippen molar-refractivity contribution in [3.8, 4) is 5.82 Å². The summed E-state index contributed by atoms with van der Waals surface area (Å²) in [4.78, 5) is 0. The monoisotopic (exact) mass is 256 g/mol. The topological polar surface area (TPSA) is 60.9 Å². The first-order valence-electron chi connectivity index (χ1n) is 6.32. The second-order valence-corrected chi connectivity index (χ2v) is 5.01. The molecular weight excluding hydrogens is 240 g/mol. The molecule has 3 rings (SSSR count). The molecule has 19 heavy (non-hydrogen) atoms. The van der Waals surface area contributed by atoms with Gasteiger partial charge in [-0.15, -0.1) is 15.3 Å². The van der Waals surface area contributed by atoms with E-state index in [-0.39, 0.29) is 5.92 Å². The fraction of sp³-hybridized carbons (Fsp3) is 0.385. The van der Waals surface area contributed by atoms with Gasteiger partial charge < -0.3 is 0 Å². The van der Waals surface area contributed by atoms with Gasteiger partial charge in [0, 0.05) is 11.6 Å². The Kier molecular flexibility index (Phi) is 2.58. The van der Waals surface area contributed by atoms with Gasteiger partial charge in [-0.2, -0.15) is 9.61 Å². The highest BCUT2D eigenvalue weighted by Gasteiger charge is 2.12. The van der Waals surface area contributed by atoms with Crippen molar-refractivity contribution in [1.82, 2.24) is 29.6 Å². The number of aryl methyl sites for hydroxylation is 2. The van der Waals surface area contributed by atoms with Crippen LogP contribution in [0.2, 0.25) is 0 Å². The Morgan fingerprint density at radius 1 is 1.05 bits per heavy atom. The molecule has 0 saturated heterocycles. The van der Waals surface area contributed by atoms with Crippen molar-refractivity contribution in [2.24, 2.45) is 0 Å². The zero-order valence-electron chi connectivity index (χ0n) is 11.5. The maximum Gasteiger partial charge on any atom is 0.178 e. The van der Waals surface area contributed by atoms with Crippen LogP contribution >= 0.6 is 0 Å². The van der Waals surface area contributed by atoms with Gasteiger partial charge in [0.1, 0.15) is 0 Å². The SMILES string of the molecule is Cc1cc(C)n(-c2ccc3nnc(C(C)C)n3n2)n1. The predicted octanol–water partition coefficient (Wildman–Crippen LogP) is 2.05. The largest absolute Gasteiger partial charge is 0.218 e. The first-order valence-corrected chi connectivity index (χ1v) is 6.32. The minimum absolute atomic E-state index is 0.276. The van der Waals surface area contributed by atoms with Crippen molar-refractivity contribution in [2.45, 2.75) is 33.6 Å². The maximum atomic E-state index is 4.59. The highest BCUT2D eigenvalue weighted by Crippen LogP contribution is 2.15. The van der Waals surface area contributed by atoms with Gasteiger partial charge in [-0.25, -0.2) is 4.68 Å². The highest BCUT2D eigenvalue weighted by atomic mass is 15.4. The summed E-state index contributed by atoms with van der Waals surface area (Å²) in [6.07, 6.45) is 0. The van der Waals surface area contributed by atoms with Gasteiger partial charge in [0.2, 0.25) is 0 Å². The lowest BCUT2D eigenvalue weighted by Crippen LogP contribution is -2.07. The Labute approximate surface area is 111 Å². The van der Waals surface area contributed by atoms with E-state index in [1.165, 1.54) is 0 Å². The Bertz CT molecular complexity index is 737. The van der Waals surface area contributed by atoms with Crippen LogP contribution < -0.4 is 0 Å². The molecule has 0 saturated carbocycles. The van der Waals surface area contributed by atoms with E-state index in [2.05, 4.69) is 34.2 Å². The van der Waals surface area contributed by atoms with Crippen LogP contribution in [0.3, 0.4) is 0 Å². The number of nitrogens with zero attached hydrogens (tertiary/aromatic N) is 6. The van der Waals surface area contributed by atoms with Gasteiger partial charge in [0.15, 0.2) is 17.3 Å². The molecule has 0 aliphatic heterocycles. The first-order chi connectivity index (χ1) is 9.06. The first kappa shape index (κ1) is 11.8. The molecule has 3 heterocycles. The number of aromatic nitrogens is 6. The average Bonchev–Trinajstić information content (AvgIpc) is 2.91. The van der Waals surface area contributed by atoms with E-state index < -0.39 is 0 Å². The van der Waals surface area contributed by atoms with Gasteiger partial charge in [0.25, 0.3) is 0 Å². The Balaban J connectivity index is 2.20. The third-order valence-electron chi connectivity index (χ3n) is 3.02. The molecule has 0 aromatic carbocycles.